The molecule has 0 radical (unpaired) electrons. The number of piperazine rings is 1. The van der Waals surface area contributed by atoms with E-state index in [1.165, 1.54) is 0 Å². The summed E-state index contributed by atoms with van der Waals surface area (Å²) >= 11 is 0. The molecule has 5 fully saturated rings. The van der Waals surface area contributed by atoms with Gasteiger partial charge in [0.05, 0.1) is 28.3 Å². The number of anilines is 4. The van der Waals surface area contributed by atoms with Gasteiger partial charge in [-0.1, -0.05) is 6.42 Å². The summed E-state index contributed by atoms with van der Waals surface area (Å²) in [5.74, 6) is 2.50. The highest BCUT2D eigenvalue weighted by Gasteiger charge is 2.65. The molecule has 6 heterocycles. The Hall–Kier alpha value is -3.02. The van der Waals surface area contributed by atoms with Gasteiger partial charge in [0.15, 0.2) is 15.7 Å². The third-order valence-electron chi connectivity index (χ3n) is 9.50. The summed E-state index contributed by atoms with van der Waals surface area (Å²) in [6, 6.07) is 1.81. The lowest BCUT2D eigenvalue weighted by Gasteiger charge is -2.49. The van der Waals surface area contributed by atoms with Crippen molar-refractivity contribution in [2.45, 2.75) is 68.7 Å². The third-order valence-corrected chi connectivity index (χ3v) is 11.8. The first kappa shape index (κ1) is 23.1. The van der Waals surface area contributed by atoms with E-state index >= 15 is 0 Å². The van der Waals surface area contributed by atoms with Crippen LogP contribution in [0.3, 0.4) is 0 Å². The first-order valence-corrected chi connectivity index (χ1v) is 14.8. The van der Waals surface area contributed by atoms with Gasteiger partial charge in [-0.05, 0) is 39.5 Å². The van der Waals surface area contributed by atoms with Crippen molar-refractivity contribution in [3.63, 3.8) is 0 Å². The monoisotopic (exact) mass is 524 g/mol. The molecule has 2 saturated carbocycles. The van der Waals surface area contributed by atoms with E-state index in [9.17, 15) is 13.2 Å². The number of aromatic nitrogens is 4. The molecule has 37 heavy (non-hydrogen) atoms. The molecule has 1 amide bonds. The number of nitrogen functional groups attached to an aromatic ring is 1. The van der Waals surface area contributed by atoms with Crippen molar-refractivity contribution in [2.24, 2.45) is 5.41 Å². The smallest absolute Gasteiger partial charge is 0.230 e. The van der Waals surface area contributed by atoms with Crippen LogP contribution in [0.15, 0.2) is 18.6 Å². The maximum Gasteiger partial charge on any atom is 0.230 e. The van der Waals surface area contributed by atoms with Gasteiger partial charge in [-0.3, -0.25) is 4.79 Å². The lowest BCUT2D eigenvalue weighted by atomic mass is 9.66. The summed E-state index contributed by atoms with van der Waals surface area (Å²) in [5.41, 5.74) is 7.00. The van der Waals surface area contributed by atoms with E-state index in [1.807, 2.05) is 11.0 Å². The Bertz CT molecular complexity index is 1400. The summed E-state index contributed by atoms with van der Waals surface area (Å²) in [6.45, 7) is 6.13. The van der Waals surface area contributed by atoms with Gasteiger partial charge < -0.3 is 20.4 Å². The molecule has 2 aromatic rings. The van der Waals surface area contributed by atoms with Crippen LogP contribution in [0.1, 0.15) is 51.5 Å². The Morgan fingerprint density at radius 2 is 1.86 bits per heavy atom. The Balaban J connectivity index is 1.20. The van der Waals surface area contributed by atoms with Crippen molar-refractivity contribution in [3.8, 4) is 0 Å². The Morgan fingerprint density at radius 3 is 2.51 bits per heavy atom. The molecule has 2 atom stereocenters. The summed E-state index contributed by atoms with van der Waals surface area (Å²) in [5, 5.41) is 8.07. The molecule has 0 unspecified atom stereocenters. The zero-order valence-corrected chi connectivity index (χ0v) is 22.0. The zero-order chi connectivity index (χ0) is 25.7. The summed E-state index contributed by atoms with van der Waals surface area (Å²) in [7, 11) is -3.12. The predicted molar refractivity (Wildman–Crippen MR) is 138 cm³/mol. The first-order valence-electron chi connectivity index (χ1n) is 13.1. The Kier molecular flexibility index (Phi) is 4.70. The van der Waals surface area contributed by atoms with Crippen molar-refractivity contribution in [2.75, 3.05) is 40.9 Å². The van der Waals surface area contributed by atoms with E-state index in [4.69, 9.17) is 15.7 Å². The fraction of sp³-hybridized carbons (Fsp3) is 0.640. The van der Waals surface area contributed by atoms with E-state index < -0.39 is 15.3 Å². The molecule has 1 spiro atoms. The van der Waals surface area contributed by atoms with Gasteiger partial charge in [0, 0.05) is 48.8 Å². The van der Waals surface area contributed by atoms with Gasteiger partial charge in [0.2, 0.25) is 5.91 Å². The lowest BCUT2D eigenvalue weighted by Crippen LogP contribution is -2.62. The van der Waals surface area contributed by atoms with Gasteiger partial charge in [-0.25, -0.2) is 18.4 Å². The van der Waals surface area contributed by atoms with E-state index in [0.717, 1.165) is 43.0 Å². The number of nitrogens with zero attached hydrogens (tertiary/aromatic N) is 7. The fourth-order valence-corrected chi connectivity index (χ4v) is 9.87. The van der Waals surface area contributed by atoms with Crippen molar-refractivity contribution in [3.05, 3.63) is 24.2 Å². The zero-order valence-electron chi connectivity index (χ0n) is 21.2. The van der Waals surface area contributed by atoms with E-state index in [-0.39, 0.29) is 34.4 Å². The molecule has 2 bridgehead atoms. The SMILES string of the molecule is C[C@@H]1CN(c2ncnc3c2C2(CCC2)CN3c2cc(N)cnn2)[C@@H](C)CN1C(=O)C12CC(C1)S(=O)(=O)C2. The molecule has 2 aliphatic carbocycles. The summed E-state index contributed by atoms with van der Waals surface area (Å²) in [4.78, 5) is 29.5. The van der Waals surface area contributed by atoms with Crippen LogP contribution in [0, 0.1) is 5.41 Å². The summed E-state index contributed by atoms with van der Waals surface area (Å²) < 4.78 is 24.6. The molecular weight excluding hydrogens is 492 g/mol. The van der Waals surface area contributed by atoms with Crippen LogP contribution in [0.25, 0.3) is 0 Å². The van der Waals surface area contributed by atoms with Crippen LogP contribution in [0.2, 0.25) is 0 Å². The number of sulfone groups is 1. The molecule has 12 heteroatoms. The minimum atomic E-state index is -3.12. The fourth-order valence-electron chi connectivity index (χ4n) is 7.36. The van der Waals surface area contributed by atoms with Gasteiger partial charge in [-0.15, -0.1) is 5.10 Å². The highest BCUT2D eigenvalue weighted by atomic mass is 32.2. The number of fused-ring (bicyclic) bond motifs is 3. The number of rotatable bonds is 3. The number of carbonyl (C=O) groups excluding carboxylic acids is 1. The largest absolute Gasteiger partial charge is 0.397 e. The van der Waals surface area contributed by atoms with Crippen molar-refractivity contribution >= 4 is 38.9 Å². The van der Waals surface area contributed by atoms with Gasteiger partial charge >= 0.3 is 0 Å². The van der Waals surface area contributed by atoms with Gasteiger partial charge in [0.1, 0.15) is 18.0 Å². The normalized spacial score (nSPS) is 32.7. The number of nitrogens with two attached hydrogens (primary N) is 1. The standard InChI is InChI=1S/C25H32N8O3S/c1-15-11-32(23(34)25-7-18(8-25)37(35,36)13-25)16(2)10-31(15)21-20-22(28-14-27-21)33(12-24(20)4-3-5-24)19-6-17(26)9-29-30-19/h6,9,14-16,18H,3-5,7-8,10-13H2,1-2H3,(H2,26,30)/t15-,16+,18?,25?/m0/s1. The molecule has 3 saturated heterocycles. The van der Waals surface area contributed by atoms with Crippen molar-refractivity contribution < 1.29 is 13.2 Å². The Labute approximate surface area is 216 Å². The lowest BCUT2D eigenvalue weighted by molar-refractivity contribution is -0.147. The minimum Gasteiger partial charge on any atom is -0.397 e. The molecular formula is C25H32N8O3S. The molecule has 6 aliphatic rings. The van der Waals surface area contributed by atoms with E-state index in [2.05, 4.69) is 33.8 Å². The predicted octanol–water partition coefficient (Wildman–Crippen LogP) is 1.43. The number of carbonyl (C=O) groups is 1. The topological polar surface area (TPSA) is 139 Å². The average molecular weight is 525 g/mol. The number of amides is 1. The molecule has 2 aromatic heterocycles. The second-order valence-corrected chi connectivity index (χ2v) is 14.2. The quantitative estimate of drug-likeness (QED) is 0.627. The van der Waals surface area contributed by atoms with Crippen LogP contribution in [-0.4, -0.2) is 82.1 Å². The average Bonchev–Trinajstić information content (AvgIpc) is 3.41. The Morgan fingerprint density at radius 1 is 1.11 bits per heavy atom. The van der Waals surface area contributed by atoms with Crippen LogP contribution in [0.4, 0.5) is 23.1 Å². The van der Waals surface area contributed by atoms with Crippen LogP contribution in [-0.2, 0) is 20.0 Å². The molecule has 11 nitrogen and oxygen atoms in total. The van der Waals surface area contributed by atoms with Gasteiger partial charge in [-0.2, -0.15) is 5.10 Å². The van der Waals surface area contributed by atoms with E-state index in [0.29, 0.717) is 37.4 Å². The minimum absolute atomic E-state index is 0.00941. The summed E-state index contributed by atoms with van der Waals surface area (Å²) in [6.07, 6.45) is 7.41. The third kappa shape index (κ3) is 3.17. The van der Waals surface area contributed by atoms with E-state index in [1.54, 1.807) is 12.5 Å². The van der Waals surface area contributed by atoms with Crippen molar-refractivity contribution in [1.82, 2.24) is 25.1 Å². The van der Waals surface area contributed by atoms with Crippen LogP contribution in [0.5, 0.6) is 0 Å². The van der Waals surface area contributed by atoms with Crippen LogP contribution >= 0.6 is 0 Å². The highest BCUT2D eigenvalue weighted by molar-refractivity contribution is 7.92. The maximum absolute atomic E-state index is 13.6. The van der Waals surface area contributed by atoms with Crippen molar-refractivity contribution in [1.29, 1.82) is 0 Å². The second-order valence-electron chi connectivity index (χ2n) is 11.9. The first-order chi connectivity index (χ1) is 17.6. The molecule has 8 rings (SSSR count). The van der Waals surface area contributed by atoms with Gasteiger partial charge in [0.25, 0.3) is 0 Å². The molecule has 2 N–H and O–H groups in total. The molecule has 4 aliphatic heterocycles. The number of hydrogen-bond donors (Lipinski definition) is 1. The second kappa shape index (κ2) is 7.52. The maximum atomic E-state index is 13.6. The molecule has 196 valence electrons. The molecule has 0 aromatic carbocycles. The van der Waals surface area contributed by atoms with Crippen LogP contribution < -0.4 is 15.5 Å². The highest BCUT2D eigenvalue weighted by Crippen LogP contribution is 2.57. The number of hydrogen-bond acceptors (Lipinski definition) is 10.